The number of aryl methyl sites for hydroxylation is 1. The van der Waals surface area contributed by atoms with Gasteiger partial charge in [-0.05, 0) is 17.7 Å². The van der Waals surface area contributed by atoms with E-state index in [1.165, 1.54) is 0 Å². The fraction of sp³-hybridized carbons (Fsp3) is 0.467. The van der Waals surface area contributed by atoms with Gasteiger partial charge in [0, 0.05) is 26.1 Å². The van der Waals surface area contributed by atoms with Crippen LogP contribution in [0.25, 0.3) is 11.0 Å². The fourth-order valence-corrected chi connectivity index (χ4v) is 2.35. The lowest BCUT2D eigenvalue weighted by Crippen LogP contribution is -2.30. The first-order valence-electron chi connectivity index (χ1n) is 6.95. The summed E-state index contributed by atoms with van der Waals surface area (Å²) < 4.78 is 2.11. The lowest BCUT2D eigenvalue weighted by atomic mass is 10.1. The molecule has 0 saturated heterocycles. The van der Waals surface area contributed by atoms with E-state index in [1.54, 1.807) is 0 Å². The number of amides is 1. The van der Waals surface area contributed by atoms with Gasteiger partial charge in [0.1, 0.15) is 5.82 Å². The number of imidazole rings is 1. The third-order valence-electron chi connectivity index (χ3n) is 3.33. The Kier molecular flexibility index (Phi) is 4.39. The van der Waals surface area contributed by atoms with E-state index in [0.717, 1.165) is 22.4 Å². The van der Waals surface area contributed by atoms with Crippen molar-refractivity contribution in [2.75, 3.05) is 13.1 Å². The first-order valence-corrected chi connectivity index (χ1v) is 6.95. The highest BCUT2D eigenvalue weighted by Gasteiger charge is 2.12. The van der Waals surface area contributed by atoms with Gasteiger partial charge in [-0.25, -0.2) is 4.98 Å². The Hall–Kier alpha value is -1.88. The molecule has 0 bridgehead atoms. The summed E-state index contributed by atoms with van der Waals surface area (Å²) in [5.74, 6) is 1.43. The second-order valence-electron chi connectivity index (χ2n) is 5.32. The van der Waals surface area contributed by atoms with Gasteiger partial charge in [0.05, 0.1) is 17.5 Å². The number of nitrogens with one attached hydrogen (secondary N) is 1. The monoisotopic (exact) mass is 274 g/mol. The molecule has 0 aliphatic heterocycles. The van der Waals surface area contributed by atoms with Crippen molar-refractivity contribution < 1.29 is 4.79 Å². The predicted molar refractivity (Wildman–Crippen MR) is 80.6 cm³/mol. The van der Waals surface area contributed by atoms with Crippen LogP contribution in [0, 0.1) is 0 Å². The Bertz CT molecular complexity index is 616. The van der Waals surface area contributed by atoms with E-state index in [9.17, 15) is 4.79 Å². The third kappa shape index (κ3) is 2.99. The molecule has 1 heterocycles. The van der Waals surface area contributed by atoms with Gasteiger partial charge in [0.2, 0.25) is 5.91 Å². The number of carbonyl (C=O) groups is 1. The van der Waals surface area contributed by atoms with E-state index < -0.39 is 0 Å². The number of rotatable bonds is 5. The Morgan fingerprint density at radius 3 is 2.85 bits per heavy atom. The summed E-state index contributed by atoms with van der Waals surface area (Å²) >= 11 is 0. The quantitative estimate of drug-likeness (QED) is 0.863. The third-order valence-corrected chi connectivity index (χ3v) is 3.33. The minimum Gasteiger partial charge on any atom is -0.355 e. The van der Waals surface area contributed by atoms with Gasteiger partial charge >= 0.3 is 0 Å². The minimum atomic E-state index is -0.00480. The van der Waals surface area contributed by atoms with Gasteiger partial charge in [-0.15, -0.1) is 0 Å². The summed E-state index contributed by atoms with van der Waals surface area (Å²) in [6, 6.07) is 6.00. The van der Waals surface area contributed by atoms with E-state index in [4.69, 9.17) is 5.73 Å². The van der Waals surface area contributed by atoms with Crippen molar-refractivity contribution in [1.82, 2.24) is 14.9 Å². The average molecular weight is 274 g/mol. The Labute approximate surface area is 119 Å². The van der Waals surface area contributed by atoms with E-state index >= 15 is 0 Å². The number of nitrogens with two attached hydrogens (primary N) is 1. The highest BCUT2D eigenvalue weighted by molar-refractivity contribution is 5.82. The van der Waals surface area contributed by atoms with E-state index in [1.807, 2.05) is 25.2 Å². The lowest BCUT2D eigenvalue weighted by Gasteiger charge is -2.05. The standard InChI is InChI=1S/C15H22N4O/c1-10(2)15-18-12-8-11(4-5-13(12)19(15)3)9-14(20)17-7-6-16/h4-5,8,10H,6-7,9,16H2,1-3H3,(H,17,20). The molecule has 1 aromatic heterocycles. The molecule has 0 aliphatic rings. The van der Waals surface area contributed by atoms with Crippen molar-refractivity contribution in [3.05, 3.63) is 29.6 Å². The molecule has 2 rings (SSSR count). The summed E-state index contributed by atoms with van der Waals surface area (Å²) in [5, 5.41) is 2.77. The molecule has 3 N–H and O–H groups in total. The van der Waals surface area contributed by atoms with Crippen LogP contribution >= 0.6 is 0 Å². The summed E-state index contributed by atoms with van der Waals surface area (Å²) in [5.41, 5.74) is 8.38. The molecule has 5 heteroatoms. The van der Waals surface area contributed by atoms with Crippen LogP contribution in [0.5, 0.6) is 0 Å². The summed E-state index contributed by atoms with van der Waals surface area (Å²) in [4.78, 5) is 16.3. The second kappa shape index (κ2) is 6.05. The summed E-state index contributed by atoms with van der Waals surface area (Å²) in [7, 11) is 2.03. The number of fused-ring (bicyclic) bond motifs is 1. The number of carbonyl (C=O) groups excluding carboxylic acids is 1. The maximum Gasteiger partial charge on any atom is 0.224 e. The van der Waals surface area contributed by atoms with Crippen LogP contribution in [0.3, 0.4) is 0 Å². The van der Waals surface area contributed by atoms with Crippen molar-refractivity contribution in [1.29, 1.82) is 0 Å². The maximum absolute atomic E-state index is 11.7. The smallest absolute Gasteiger partial charge is 0.224 e. The number of hydrogen-bond acceptors (Lipinski definition) is 3. The van der Waals surface area contributed by atoms with Gasteiger partial charge in [0.15, 0.2) is 0 Å². The Morgan fingerprint density at radius 2 is 2.20 bits per heavy atom. The van der Waals surface area contributed by atoms with Crippen molar-refractivity contribution in [2.24, 2.45) is 12.8 Å². The topological polar surface area (TPSA) is 72.9 Å². The average Bonchev–Trinajstić information content (AvgIpc) is 2.73. The van der Waals surface area contributed by atoms with Crippen LogP contribution in [0.15, 0.2) is 18.2 Å². The molecule has 0 spiro atoms. The van der Waals surface area contributed by atoms with Crippen LogP contribution in [0.2, 0.25) is 0 Å². The molecule has 1 aromatic carbocycles. The van der Waals surface area contributed by atoms with Gasteiger partial charge in [0.25, 0.3) is 0 Å². The van der Waals surface area contributed by atoms with Crippen molar-refractivity contribution in [3.63, 3.8) is 0 Å². The Morgan fingerprint density at radius 1 is 1.45 bits per heavy atom. The molecule has 5 nitrogen and oxygen atoms in total. The van der Waals surface area contributed by atoms with Crippen LogP contribution in [0.4, 0.5) is 0 Å². The lowest BCUT2D eigenvalue weighted by molar-refractivity contribution is -0.120. The van der Waals surface area contributed by atoms with Crippen molar-refractivity contribution in [2.45, 2.75) is 26.2 Å². The van der Waals surface area contributed by atoms with E-state index in [2.05, 4.69) is 28.7 Å². The normalized spacial score (nSPS) is 11.2. The molecule has 2 aromatic rings. The van der Waals surface area contributed by atoms with Gasteiger partial charge in [-0.2, -0.15) is 0 Å². The van der Waals surface area contributed by atoms with Crippen LogP contribution in [0.1, 0.15) is 31.2 Å². The number of nitrogens with zero attached hydrogens (tertiary/aromatic N) is 2. The fourth-order valence-electron chi connectivity index (χ4n) is 2.35. The number of benzene rings is 1. The van der Waals surface area contributed by atoms with Gasteiger partial charge < -0.3 is 15.6 Å². The molecule has 0 atom stereocenters. The molecule has 1 amide bonds. The van der Waals surface area contributed by atoms with E-state index in [0.29, 0.717) is 25.4 Å². The summed E-state index contributed by atoms with van der Waals surface area (Å²) in [6.07, 6.45) is 0.365. The molecular weight excluding hydrogens is 252 g/mol. The van der Waals surface area contributed by atoms with Crippen LogP contribution in [-0.4, -0.2) is 28.5 Å². The minimum absolute atomic E-state index is 0.00480. The highest BCUT2D eigenvalue weighted by Crippen LogP contribution is 2.21. The highest BCUT2D eigenvalue weighted by atomic mass is 16.1. The first kappa shape index (κ1) is 14.5. The molecule has 0 radical (unpaired) electrons. The van der Waals surface area contributed by atoms with Crippen LogP contribution in [-0.2, 0) is 18.3 Å². The zero-order chi connectivity index (χ0) is 14.7. The molecular formula is C15H22N4O. The zero-order valence-corrected chi connectivity index (χ0v) is 12.3. The Balaban J connectivity index is 2.23. The van der Waals surface area contributed by atoms with Crippen molar-refractivity contribution in [3.8, 4) is 0 Å². The summed E-state index contributed by atoms with van der Waals surface area (Å²) in [6.45, 7) is 5.23. The molecule has 0 unspecified atom stereocenters. The molecule has 0 aliphatic carbocycles. The largest absolute Gasteiger partial charge is 0.355 e. The zero-order valence-electron chi connectivity index (χ0n) is 12.3. The number of hydrogen-bond donors (Lipinski definition) is 2. The van der Waals surface area contributed by atoms with Crippen molar-refractivity contribution >= 4 is 16.9 Å². The number of aromatic nitrogens is 2. The van der Waals surface area contributed by atoms with E-state index in [-0.39, 0.29) is 5.91 Å². The molecule has 20 heavy (non-hydrogen) atoms. The second-order valence-corrected chi connectivity index (χ2v) is 5.32. The predicted octanol–water partition coefficient (Wildman–Crippen LogP) is 1.31. The first-order chi connectivity index (χ1) is 9.52. The van der Waals surface area contributed by atoms with Gasteiger partial charge in [-0.3, -0.25) is 4.79 Å². The SMILES string of the molecule is CC(C)c1nc2cc(CC(=O)NCCN)ccc2n1C. The van der Waals surface area contributed by atoms with Crippen LogP contribution < -0.4 is 11.1 Å². The van der Waals surface area contributed by atoms with Gasteiger partial charge in [-0.1, -0.05) is 19.9 Å². The molecule has 108 valence electrons. The molecule has 0 fully saturated rings. The molecule has 0 saturated carbocycles. The maximum atomic E-state index is 11.7.